The van der Waals surface area contributed by atoms with Gasteiger partial charge in [-0.15, -0.1) is 11.3 Å². The summed E-state index contributed by atoms with van der Waals surface area (Å²) in [5.41, 5.74) is 6.92. The topological polar surface area (TPSA) is 42.1 Å². The van der Waals surface area contributed by atoms with Crippen LogP contribution >= 0.6 is 22.9 Å². The Bertz CT molecular complexity index is 474. The highest BCUT2D eigenvalue weighted by Crippen LogP contribution is 2.32. The third-order valence-corrected chi connectivity index (χ3v) is 4.59. The number of nitrogen functional groups attached to an aromatic ring is 1. The molecule has 2 aromatic heterocycles. The number of aromatic nitrogens is 1. The van der Waals surface area contributed by atoms with E-state index in [1.807, 2.05) is 6.92 Å². The van der Waals surface area contributed by atoms with E-state index in [4.69, 9.17) is 5.73 Å². The number of nitrogens with zero attached hydrogens (tertiary/aromatic N) is 2. The van der Waals surface area contributed by atoms with Crippen LogP contribution in [0.5, 0.6) is 0 Å². The summed E-state index contributed by atoms with van der Waals surface area (Å²) in [5.74, 6) is 0.654. The first-order chi connectivity index (χ1) is 8.09. The molecule has 5 heteroatoms. The Kier molecular flexibility index (Phi) is 3.69. The van der Waals surface area contributed by atoms with Crippen LogP contribution in [0.25, 0.3) is 0 Å². The molecule has 0 amide bonds. The summed E-state index contributed by atoms with van der Waals surface area (Å²) in [7, 11) is 0. The third-order valence-electron chi connectivity index (χ3n) is 2.73. The van der Waals surface area contributed by atoms with Gasteiger partial charge in [0.25, 0.3) is 0 Å². The second-order valence-corrected chi connectivity index (χ2v) is 6.08. The number of rotatable bonds is 4. The van der Waals surface area contributed by atoms with Gasteiger partial charge in [0.2, 0.25) is 0 Å². The lowest BCUT2D eigenvalue weighted by Crippen LogP contribution is -2.29. The summed E-state index contributed by atoms with van der Waals surface area (Å²) >= 11 is 3.28. The number of hydrogen-bond donors (Lipinski definition) is 1. The quantitative estimate of drug-likeness (QED) is 0.921. The minimum Gasteiger partial charge on any atom is -0.383 e. The molecule has 0 saturated heterocycles. The largest absolute Gasteiger partial charge is 0.383 e. The zero-order valence-corrected chi connectivity index (χ0v) is 11.9. The first kappa shape index (κ1) is 12.4. The van der Waals surface area contributed by atoms with Crippen molar-refractivity contribution >= 4 is 33.7 Å². The van der Waals surface area contributed by atoms with E-state index in [0.29, 0.717) is 11.9 Å². The number of anilines is 2. The van der Waals surface area contributed by atoms with Crippen molar-refractivity contribution in [3.63, 3.8) is 0 Å². The molecule has 0 atom stereocenters. The summed E-state index contributed by atoms with van der Waals surface area (Å²) in [6.07, 6.45) is 0. The van der Waals surface area contributed by atoms with Gasteiger partial charge in [-0.3, -0.25) is 0 Å². The first-order valence-corrected chi connectivity index (χ1v) is 7.25. The molecule has 0 bridgehead atoms. The SMILES string of the molecule is Cc1c(N)nsc1N(Cc1cccs1)C(C)C. The fraction of sp³-hybridized carbons (Fsp3) is 0.417. The molecule has 0 fully saturated rings. The minimum atomic E-state index is 0.440. The van der Waals surface area contributed by atoms with Gasteiger partial charge >= 0.3 is 0 Å². The molecule has 92 valence electrons. The fourth-order valence-corrected chi connectivity index (χ4v) is 3.31. The molecule has 0 aliphatic heterocycles. The molecule has 0 aliphatic rings. The highest BCUT2D eigenvalue weighted by atomic mass is 32.1. The predicted molar refractivity (Wildman–Crippen MR) is 76.9 cm³/mol. The average molecular weight is 267 g/mol. The monoisotopic (exact) mass is 267 g/mol. The maximum Gasteiger partial charge on any atom is 0.142 e. The number of hydrogen-bond acceptors (Lipinski definition) is 5. The predicted octanol–water partition coefficient (Wildman–Crippen LogP) is 3.51. The van der Waals surface area contributed by atoms with Gasteiger partial charge in [0, 0.05) is 16.5 Å². The van der Waals surface area contributed by atoms with Crippen LogP contribution in [0.2, 0.25) is 0 Å². The lowest BCUT2D eigenvalue weighted by atomic mass is 10.2. The minimum absolute atomic E-state index is 0.440. The molecule has 2 rings (SSSR count). The summed E-state index contributed by atoms with van der Waals surface area (Å²) in [5, 5.41) is 3.30. The van der Waals surface area contributed by atoms with E-state index in [1.165, 1.54) is 21.4 Å². The molecule has 0 aromatic carbocycles. The molecule has 17 heavy (non-hydrogen) atoms. The van der Waals surface area contributed by atoms with Crippen LogP contribution in [0.3, 0.4) is 0 Å². The summed E-state index contributed by atoms with van der Waals surface area (Å²) in [6.45, 7) is 7.36. The van der Waals surface area contributed by atoms with Gasteiger partial charge in [-0.2, -0.15) is 4.37 Å². The molecule has 2 aromatic rings. The molecule has 0 radical (unpaired) electrons. The Morgan fingerprint density at radius 1 is 1.47 bits per heavy atom. The summed E-state index contributed by atoms with van der Waals surface area (Å²) < 4.78 is 4.23. The van der Waals surface area contributed by atoms with Crippen molar-refractivity contribution in [2.24, 2.45) is 0 Å². The van der Waals surface area contributed by atoms with E-state index < -0.39 is 0 Å². The lowest BCUT2D eigenvalue weighted by molar-refractivity contribution is 0.691. The highest BCUT2D eigenvalue weighted by Gasteiger charge is 2.18. The standard InChI is InChI=1S/C12H17N3S2/c1-8(2)15(7-10-5-4-6-16-10)12-9(3)11(13)14-17-12/h4-6,8H,7H2,1-3H3,(H2,13,14). The van der Waals surface area contributed by atoms with Crippen molar-refractivity contribution in [3.8, 4) is 0 Å². The molecule has 2 heterocycles. The van der Waals surface area contributed by atoms with Crippen LogP contribution in [-0.4, -0.2) is 10.4 Å². The van der Waals surface area contributed by atoms with Crippen LogP contribution in [0.1, 0.15) is 24.3 Å². The molecule has 0 spiro atoms. The Morgan fingerprint density at radius 2 is 2.24 bits per heavy atom. The molecule has 0 saturated carbocycles. The second kappa shape index (κ2) is 5.06. The van der Waals surface area contributed by atoms with Crippen LogP contribution in [0.15, 0.2) is 17.5 Å². The van der Waals surface area contributed by atoms with Crippen LogP contribution in [0, 0.1) is 6.92 Å². The molecule has 0 aliphatic carbocycles. The fourth-order valence-electron chi connectivity index (χ4n) is 1.67. The van der Waals surface area contributed by atoms with E-state index in [0.717, 1.165) is 12.1 Å². The van der Waals surface area contributed by atoms with E-state index >= 15 is 0 Å². The van der Waals surface area contributed by atoms with Gasteiger partial charge in [0.05, 0.1) is 6.54 Å². The van der Waals surface area contributed by atoms with Gasteiger partial charge in [-0.05, 0) is 43.8 Å². The highest BCUT2D eigenvalue weighted by molar-refractivity contribution is 7.11. The van der Waals surface area contributed by atoms with E-state index in [-0.39, 0.29) is 0 Å². The third kappa shape index (κ3) is 2.61. The smallest absolute Gasteiger partial charge is 0.142 e. The van der Waals surface area contributed by atoms with Crippen LogP contribution < -0.4 is 10.6 Å². The van der Waals surface area contributed by atoms with E-state index in [9.17, 15) is 0 Å². The normalized spacial score (nSPS) is 11.1. The van der Waals surface area contributed by atoms with Gasteiger partial charge < -0.3 is 10.6 Å². The van der Waals surface area contributed by atoms with Crippen molar-refractivity contribution in [1.82, 2.24) is 4.37 Å². The van der Waals surface area contributed by atoms with Crippen molar-refractivity contribution in [3.05, 3.63) is 28.0 Å². The number of nitrogens with two attached hydrogens (primary N) is 1. The maximum absolute atomic E-state index is 5.83. The second-order valence-electron chi connectivity index (χ2n) is 4.30. The average Bonchev–Trinajstić information content (AvgIpc) is 2.88. The Balaban J connectivity index is 2.26. The molecular weight excluding hydrogens is 250 g/mol. The first-order valence-electron chi connectivity index (χ1n) is 5.60. The van der Waals surface area contributed by atoms with Crippen molar-refractivity contribution in [2.75, 3.05) is 10.6 Å². The summed E-state index contributed by atoms with van der Waals surface area (Å²) in [6, 6.07) is 4.70. The zero-order chi connectivity index (χ0) is 12.4. The zero-order valence-electron chi connectivity index (χ0n) is 10.3. The molecular formula is C12H17N3S2. The van der Waals surface area contributed by atoms with E-state index in [2.05, 4.69) is 40.6 Å². The van der Waals surface area contributed by atoms with Crippen molar-refractivity contribution < 1.29 is 0 Å². The van der Waals surface area contributed by atoms with Gasteiger partial charge in [0.15, 0.2) is 0 Å². The molecule has 0 unspecified atom stereocenters. The Labute approximate surface area is 110 Å². The van der Waals surface area contributed by atoms with Gasteiger partial charge in [-0.1, -0.05) is 6.07 Å². The van der Waals surface area contributed by atoms with E-state index in [1.54, 1.807) is 11.3 Å². The molecule has 3 nitrogen and oxygen atoms in total. The van der Waals surface area contributed by atoms with Gasteiger partial charge in [0.1, 0.15) is 10.8 Å². The lowest BCUT2D eigenvalue weighted by Gasteiger charge is -2.27. The Hall–Kier alpha value is -1.07. The van der Waals surface area contributed by atoms with Crippen LogP contribution in [-0.2, 0) is 6.54 Å². The van der Waals surface area contributed by atoms with Gasteiger partial charge in [-0.25, -0.2) is 0 Å². The van der Waals surface area contributed by atoms with Crippen LogP contribution in [0.4, 0.5) is 10.8 Å². The Morgan fingerprint density at radius 3 is 2.71 bits per heavy atom. The summed E-state index contributed by atoms with van der Waals surface area (Å²) in [4.78, 5) is 3.72. The number of thiophene rings is 1. The maximum atomic E-state index is 5.83. The van der Waals surface area contributed by atoms with Crippen molar-refractivity contribution in [2.45, 2.75) is 33.4 Å². The molecule has 2 N–H and O–H groups in total. The van der Waals surface area contributed by atoms with Crippen molar-refractivity contribution in [1.29, 1.82) is 0 Å².